The Morgan fingerprint density at radius 1 is 1.57 bits per heavy atom. The predicted molar refractivity (Wildman–Crippen MR) is 51.7 cm³/mol. The molecule has 0 fully saturated rings. The Kier molecular flexibility index (Phi) is 2.18. The van der Waals surface area contributed by atoms with Gasteiger partial charge in [-0.05, 0) is 6.92 Å². The lowest BCUT2D eigenvalue weighted by Gasteiger charge is -2.01. The first-order valence-electron chi connectivity index (χ1n) is 4.34. The Morgan fingerprint density at radius 3 is 3.00 bits per heavy atom. The van der Waals surface area contributed by atoms with E-state index in [1.807, 2.05) is 18.5 Å². The molecule has 2 aromatic heterocycles. The molecule has 0 aliphatic carbocycles. The highest BCUT2D eigenvalue weighted by molar-refractivity contribution is 5.24. The summed E-state index contributed by atoms with van der Waals surface area (Å²) < 4.78 is 1.82. The zero-order valence-corrected chi connectivity index (χ0v) is 8.15. The molecule has 0 aliphatic rings. The molecule has 2 heterocycles. The van der Waals surface area contributed by atoms with Gasteiger partial charge in [-0.3, -0.25) is 0 Å². The number of hydrogen-bond acceptors (Lipinski definition) is 4. The van der Waals surface area contributed by atoms with Gasteiger partial charge in [0.05, 0.1) is 18.4 Å². The molecule has 0 unspecified atom stereocenters. The summed E-state index contributed by atoms with van der Waals surface area (Å²) in [6.45, 7) is 2.60. The molecule has 0 saturated heterocycles. The molecule has 74 valence electrons. The zero-order chi connectivity index (χ0) is 9.97. The van der Waals surface area contributed by atoms with Gasteiger partial charge in [-0.2, -0.15) is 0 Å². The van der Waals surface area contributed by atoms with Crippen molar-refractivity contribution < 1.29 is 0 Å². The van der Waals surface area contributed by atoms with E-state index in [1.165, 1.54) is 0 Å². The van der Waals surface area contributed by atoms with Crippen molar-refractivity contribution in [1.29, 1.82) is 0 Å². The van der Waals surface area contributed by atoms with Crippen molar-refractivity contribution in [3.05, 3.63) is 24.0 Å². The number of aryl methyl sites for hydroxylation is 2. The van der Waals surface area contributed by atoms with Crippen molar-refractivity contribution >= 4 is 5.95 Å². The van der Waals surface area contributed by atoms with E-state index in [4.69, 9.17) is 0 Å². The number of imidazole rings is 1. The average Bonchev–Trinajstić information content (AvgIpc) is 2.72. The zero-order valence-electron chi connectivity index (χ0n) is 8.15. The molecule has 0 atom stereocenters. The van der Waals surface area contributed by atoms with E-state index < -0.39 is 0 Å². The van der Waals surface area contributed by atoms with Crippen LogP contribution in [0.4, 0.5) is 5.95 Å². The minimum atomic E-state index is 0.674. The summed E-state index contributed by atoms with van der Waals surface area (Å²) in [5, 5.41) is 10.8. The third-order valence-electron chi connectivity index (χ3n) is 1.90. The number of nitrogens with zero attached hydrogens (tertiary/aromatic N) is 4. The summed E-state index contributed by atoms with van der Waals surface area (Å²) >= 11 is 0. The van der Waals surface area contributed by atoms with E-state index >= 15 is 0 Å². The Bertz CT molecular complexity index is 415. The van der Waals surface area contributed by atoms with Crippen LogP contribution in [-0.2, 0) is 13.6 Å². The summed E-state index contributed by atoms with van der Waals surface area (Å²) in [5.41, 5.74) is 1.03. The molecular weight excluding hydrogens is 180 g/mol. The monoisotopic (exact) mass is 192 g/mol. The Balaban J connectivity index is 1.98. The largest absolute Gasteiger partial charge is 0.349 e. The van der Waals surface area contributed by atoms with E-state index in [-0.39, 0.29) is 0 Å². The number of aromatic nitrogens is 5. The maximum absolute atomic E-state index is 4.10. The molecule has 0 radical (unpaired) electrons. The van der Waals surface area contributed by atoms with Crippen LogP contribution in [-0.4, -0.2) is 24.7 Å². The van der Waals surface area contributed by atoms with Gasteiger partial charge in [0.2, 0.25) is 5.95 Å². The third-order valence-corrected chi connectivity index (χ3v) is 1.90. The maximum atomic E-state index is 4.10. The minimum Gasteiger partial charge on any atom is -0.349 e. The second kappa shape index (κ2) is 3.49. The van der Waals surface area contributed by atoms with Gasteiger partial charge in [0.1, 0.15) is 12.2 Å². The molecule has 0 amide bonds. The quantitative estimate of drug-likeness (QED) is 0.741. The summed E-state index contributed by atoms with van der Waals surface area (Å²) in [4.78, 5) is 7.23. The van der Waals surface area contributed by atoms with E-state index in [0.717, 1.165) is 17.5 Å². The lowest BCUT2D eigenvalue weighted by atomic mass is 10.5. The normalized spacial score (nSPS) is 10.4. The number of H-pyrrole nitrogens is 1. The average molecular weight is 192 g/mol. The number of rotatable bonds is 3. The topological polar surface area (TPSA) is 71.4 Å². The van der Waals surface area contributed by atoms with Crippen molar-refractivity contribution in [3.63, 3.8) is 0 Å². The lowest BCUT2D eigenvalue weighted by Crippen LogP contribution is -2.04. The van der Waals surface area contributed by atoms with Crippen molar-refractivity contribution in [2.75, 3.05) is 5.32 Å². The van der Waals surface area contributed by atoms with Crippen LogP contribution in [0.5, 0.6) is 0 Å². The second-order valence-electron chi connectivity index (χ2n) is 3.11. The van der Waals surface area contributed by atoms with Crippen LogP contribution in [0.1, 0.15) is 11.5 Å². The van der Waals surface area contributed by atoms with Gasteiger partial charge >= 0.3 is 0 Å². The van der Waals surface area contributed by atoms with E-state index in [0.29, 0.717) is 6.54 Å². The Morgan fingerprint density at radius 2 is 2.43 bits per heavy atom. The standard InChI is InChI=1S/C8H12N6/c1-6-9-3-7(12-6)4-10-8-13-11-5-14(8)2/h3,5H,4H2,1-2H3,(H,9,12)(H,10,13). The number of anilines is 1. The fourth-order valence-electron chi connectivity index (χ4n) is 1.18. The highest BCUT2D eigenvalue weighted by Gasteiger charge is 2.00. The van der Waals surface area contributed by atoms with Crippen LogP contribution in [0.25, 0.3) is 0 Å². The van der Waals surface area contributed by atoms with Crippen LogP contribution in [0.2, 0.25) is 0 Å². The van der Waals surface area contributed by atoms with E-state index in [9.17, 15) is 0 Å². The first-order valence-corrected chi connectivity index (χ1v) is 4.34. The predicted octanol–water partition coefficient (Wildman–Crippen LogP) is 0.459. The summed E-state index contributed by atoms with van der Waals surface area (Å²) in [6.07, 6.45) is 3.46. The minimum absolute atomic E-state index is 0.674. The number of hydrogen-bond donors (Lipinski definition) is 2. The summed E-state index contributed by atoms with van der Waals surface area (Å²) in [7, 11) is 1.89. The molecule has 2 rings (SSSR count). The Labute approximate surface area is 81.4 Å². The van der Waals surface area contributed by atoms with Gasteiger partial charge in [-0.1, -0.05) is 0 Å². The third kappa shape index (κ3) is 1.73. The molecule has 6 nitrogen and oxygen atoms in total. The molecule has 6 heteroatoms. The maximum Gasteiger partial charge on any atom is 0.224 e. The van der Waals surface area contributed by atoms with Gasteiger partial charge in [-0.15, -0.1) is 10.2 Å². The highest BCUT2D eigenvalue weighted by atomic mass is 15.3. The fourth-order valence-corrected chi connectivity index (χ4v) is 1.18. The first kappa shape index (κ1) is 8.74. The smallest absolute Gasteiger partial charge is 0.224 e. The van der Waals surface area contributed by atoms with Gasteiger partial charge in [0, 0.05) is 7.05 Å². The van der Waals surface area contributed by atoms with Crippen LogP contribution in [0, 0.1) is 6.92 Å². The number of aromatic amines is 1. The lowest BCUT2D eigenvalue weighted by molar-refractivity contribution is 0.892. The van der Waals surface area contributed by atoms with Crippen molar-refractivity contribution in [2.45, 2.75) is 13.5 Å². The van der Waals surface area contributed by atoms with Crippen molar-refractivity contribution in [3.8, 4) is 0 Å². The highest BCUT2D eigenvalue weighted by Crippen LogP contribution is 2.02. The van der Waals surface area contributed by atoms with Gasteiger partial charge < -0.3 is 14.9 Å². The molecule has 0 spiro atoms. The molecule has 2 N–H and O–H groups in total. The molecule has 0 aromatic carbocycles. The SMILES string of the molecule is Cc1ncc(CNc2nncn2C)[nH]1. The molecule has 14 heavy (non-hydrogen) atoms. The molecule has 2 aromatic rings. The Hall–Kier alpha value is -1.85. The van der Waals surface area contributed by atoms with Crippen LogP contribution in [0.15, 0.2) is 12.5 Å². The van der Waals surface area contributed by atoms with Crippen molar-refractivity contribution in [2.24, 2.45) is 7.05 Å². The molecule has 0 bridgehead atoms. The van der Waals surface area contributed by atoms with E-state index in [1.54, 1.807) is 12.5 Å². The van der Waals surface area contributed by atoms with E-state index in [2.05, 4.69) is 25.5 Å². The fraction of sp³-hybridized carbons (Fsp3) is 0.375. The summed E-state index contributed by atoms with van der Waals surface area (Å²) in [6, 6.07) is 0. The first-order chi connectivity index (χ1) is 6.75. The summed E-state index contributed by atoms with van der Waals surface area (Å²) in [5.74, 6) is 1.66. The van der Waals surface area contributed by atoms with Crippen LogP contribution < -0.4 is 5.32 Å². The van der Waals surface area contributed by atoms with Crippen molar-refractivity contribution in [1.82, 2.24) is 24.7 Å². The van der Waals surface area contributed by atoms with Crippen LogP contribution >= 0.6 is 0 Å². The number of nitrogens with one attached hydrogen (secondary N) is 2. The molecular formula is C8H12N6. The van der Waals surface area contributed by atoms with Gasteiger partial charge in [0.25, 0.3) is 0 Å². The van der Waals surface area contributed by atoms with Gasteiger partial charge in [-0.25, -0.2) is 4.98 Å². The second-order valence-corrected chi connectivity index (χ2v) is 3.11. The van der Waals surface area contributed by atoms with Gasteiger partial charge in [0.15, 0.2) is 0 Å². The molecule has 0 aliphatic heterocycles. The van der Waals surface area contributed by atoms with Crippen LogP contribution in [0.3, 0.4) is 0 Å². The molecule has 0 saturated carbocycles.